The Kier molecular flexibility index (Phi) is 5.31. The lowest BCUT2D eigenvalue weighted by Gasteiger charge is -2.13. The monoisotopic (exact) mass is 350 g/mol. The largest absolute Gasteiger partial charge is 0.378 e. The first-order valence-electron chi connectivity index (χ1n) is 8.52. The van der Waals surface area contributed by atoms with Gasteiger partial charge in [-0.05, 0) is 29.8 Å². The Morgan fingerprint density at radius 3 is 2.58 bits per heavy atom. The van der Waals surface area contributed by atoms with Crippen molar-refractivity contribution in [3.8, 4) is 0 Å². The summed E-state index contributed by atoms with van der Waals surface area (Å²) in [6.45, 7) is 0.777. The number of anilines is 1. The predicted molar refractivity (Wildman–Crippen MR) is 103 cm³/mol. The van der Waals surface area contributed by atoms with Crippen molar-refractivity contribution >= 4 is 22.5 Å². The van der Waals surface area contributed by atoms with Crippen LogP contribution < -0.4 is 15.8 Å². The molecule has 1 heterocycles. The van der Waals surface area contributed by atoms with Gasteiger partial charge in [-0.1, -0.05) is 24.3 Å². The van der Waals surface area contributed by atoms with Gasteiger partial charge in [0.2, 0.25) is 5.91 Å². The van der Waals surface area contributed by atoms with Gasteiger partial charge in [-0.2, -0.15) is 0 Å². The summed E-state index contributed by atoms with van der Waals surface area (Å²) < 4.78 is 1.48. The van der Waals surface area contributed by atoms with Gasteiger partial charge in [0.15, 0.2) is 0 Å². The molecule has 0 unspecified atom stereocenters. The van der Waals surface area contributed by atoms with Crippen LogP contribution in [0.5, 0.6) is 0 Å². The molecule has 0 fully saturated rings. The van der Waals surface area contributed by atoms with Crippen LogP contribution in [0.4, 0.5) is 5.69 Å². The summed E-state index contributed by atoms with van der Waals surface area (Å²) >= 11 is 0. The Morgan fingerprint density at radius 1 is 1.12 bits per heavy atom. The maximum atomic E-state index is 12.4. The second kappa shape index (κ2) is 7.82. The van der Waals surface area contributed by atoms with Gasteiger partial charge in [-0.15, -0.1) is 0 Å². The normalized spacial score (nSPS) is 10.7. The Labute approximate surface area is 152 Å². The Balaban J connectivity index is 1.56. The molecule has 0 saturated heterocycles. The fraction of sp³-hybridized carbons (Fsp3) is 0.250. The number of rotatable bonds is 6. The average Bonchev–Trinajstić information content (AvgIpc) is 2.66. The maximum absolute atomic E-state index is 12.4. The van der Waals surface area contributed by atoms with Crippen molar-refractivity contribution in [2.24, 2.45) is 0 Å². The second-order valence-corrected chi connectivity index (χ2v) is 6.35. The highest BCUT2D eigenvalue weighted by Gasteiger charge is 2.06. The molecule has 3 rings (SSSR count). The van der Waals surface area contributed by atoms with Gasteiger partial charge in [0.05, 0.1) is 17.2 Å². The van der Waals surface area contributed by atoms with Gasteiger partial charge in [0, 0.05) is 39.3 Å². The molecule has 0 radical (unpaired) electrons. The summed E-state index contributed by atoms with van der Waals surface area (Å²) in [5, 5.41) is 3.45. The van der Waals surface area contributed by atoms with Crippen LogP contribution in [0.1, 0.15) is 12.0 Å². The minimum absolute atomic E-state index is 0.0956. The van der Waals surface area contributed by atoms with E-state index in [1.165, 1.54) is 10.9 Å². The highest BCUT2D eigenvalue weighted by Crippen LogP contribution is 2.12. The Morgan fingerprint density at radius 2 is 1.85 bits per heavy atom. The van der Waals surface area contributed by atoms with Crippen molar-refractivity contribution in [1.29, 1.82) is 0 Å². The van der Waals surface area contributed by atoms with Crippen molar-refractivity contribution in [1.82, 2.24) is 14.9 Å². The number of hydrogen-bond acceptors (Lipinski definition) is 4. The van der Waals surface area contributed by atoms with Gasteiger partial charge in [-0.25, -0.2) is 4.98 Å². The SMILES string of the molecule is CN(C)c1ccc(CNC(=O)CCn2cnc3ccccc3c2=O)cc1. The number of para-hydroxylation sites is 1. The van der Waals surface area contributed by atoms with Gasteiger partial charge >= 0.3 is 0 Å². The first-order chi connectivity index (χ1) is 12.5. The van der Waals surface area contributed by atoms with E-state index in [-0.39, 0.29) is 17.9 Å². The molecule has 6 nitrogen and oxygen atoms in total. The zero-order valence-corrected chi connectivity index (χ0v) is 15.0. The molecule has 3 aromatic rings. The van der Waals surface area contributed by atoms with Gasteiger partial charge in [0.1, 0.15) is 0 Å². The lowest BCUT2D eigenvalue weighted by Crippen LogP contribution is -2.27. The summed E-state index contributed by atoms with van der Waals surface area (Å²) in [4.78, 5) is 30.8. The average molecular weight is 350 g/mol. The van der Waals surface area contributed by atoms with Gasteiger partial charge < -0.3 is 10.2 Å². The first-order valence-corrected chi connectivity index (χ1v) is 8.52. The topological polar surface area (TPSA) is 67.2 Å². The van der Waals surface area contributed by atoms with Crippen molar-refractivity contribution in [2.45, 2.75) is 19.5 Å². The zero-order valence-electron chi connectivity index (χ0n) is 15.0. The lowest BCUT2D eigenvalue weighted by molar-refractivity contribution is -0.121. The molecule has 134 valence electrons. The van der Waals surface area contributed by atoms with E-state index in [0.717, 1.165) is 11.3 Å². The number of hydrogen-bond donors (Lipinski definition) is 1. The van der Waals surface area contributed by atoms with Crippen molar-refractivity contribution < 1.29 is 4.79 Å². The zero-order chi connectivity index (χ0) is 18.5. The van der Waals surface area contributed by atoms with Crippen LogP contribution in [0, 0.1) is 0 Å². The Hall–Kier alpha value is -3.15. The third kappa shape index (κ3) is 4.08. The summed E-state index contributed by atoms with van der Waals surface area (Å²) in [5.41, 5.74) is 2.69. The molecule has 0 aliphatic rings. The number of nitrogens with zero attached hydrogens (tertiary/aromatic N) is 3. The summed E-state index contributed by atoms with van der Waals surface area (Å²) in [5.74, 6) is -0.0956. The fourth-order valence-corrected chi connectivity index (χ4v) is 2.69. The number of carbonyl (C=O) groups excluding carboxylic acids is 1. The van der Waals surface area contributed by atoms with Crippen LogP contribution >= 0.6 is 0 Å². The van der Waals surface area contributed by atoms with Crippen molar-refractivity contribution in [3.63, 3.8) is 0 Å². The Bertz CT molecular complexity index is 961. The molecule has 0 aliphatic carbocycles. The minimum Gasteiger partial charge on any atom is -0.378 e. The molecular formula is C20H22N4O2. The van der Waals surface area contributed by atoms with Crippen LogP contribution in [0.15, 0.2) is 59.7 Å². The highest BCUT2D eigenvalue weighted by molar-refractivity contribution is 5.77. The summed E-state index contributed by atoms with van der Waals surface area (Å²) in [6, 6.07) is 15.2. The van der Waals surface area contributed by atoms with Crippen molar-refractivity contribution in [2.75, 3.05) is 19.0 Å². The van der Waals surface area contributed by atoms with E-state index in [1.807, 2.05) is 55.4 Å². The number of fused-ring (bicyclic) bond motifs is 1. The number of carbonyl (C=O) groups is 1. The van der Waals surface area contributed by atoms with Crippen LogP contribution in [0.3, 0.4) is 0 Å². The molecule has 0 spiro atoms. The smallest absolute Gasteiger partial charge is 0.261 e. The third-order valence-electron chi connectivity index (χ3n) is 4.25. The number of aryl methyl sites for hydroxylation is 1. The summed E-state index contributed by atoms with van der Waals surface area (Å²) in [6.07, 6.45) is 1.73. The molecule has 0 bridgehead atoms. The van der Waals surface area contributed by atoms with Crippen LogP contribution in [-0.2, 0) is 17.9 Å². The minimum atomic E-state index is -0.123. The van der Waals surface area contributed by atoms with Crippen LogP contribution in [0.2, 0.25) is 0 Å². The van der Waals surface area contributed by atoms with E-state index in [4.69, 9.17) is 0 Å². The molecule has 0 atom stereocenters. The molecule has 1 aromatic heterocycles. The molecular weight excluding hydrogens is 328 g/mol. The van der Waals surface area contributed by atoms with E-state index >= 15 is 0 Å². The van der Waals surface area contributed by atoms with E-state index in [9.17, 15) is 9.59 Å². The highest BCUT2D eigenvalue weighted by atomic mass is 16.1. The van der Waals surface area contributed by atoms with E-state index in [2.05, 4.69) is 10.3 Å². The molecule has 0 saturated carbocycles. The summed E-state index contributed by atoms with van der Waals surface area (Å²) in [7, 11) is 3.97. The molecule has 1 N–H and O–H groups in total. The van der Waals surface area contributed by atoms with Gasteiger partial charge in [0.25, 0.3) is 5.56 Å². The molecule has 6 heteroatoms. The van der Waals surface area contributed by atoms with Crippen molar-refractivity contribution in [3.05, 3.63) is 70.8 Å². The lowest BCUT2D eigenvalue weighted by atomic mass is 10.2. The van der Waals surface area contributed by atoms with Crippen LogP contribution in [-0.4, -0.2) is 29.6 Å². The molecule has 26 heavy (non-hydrogen) atoms. The van der Waals surface area contributed by atoms with E-state index in [0.29, 0.717) is 24.0 Å². The third-order valence-corrected chi connectivity index (χ3v) is 4.25. The van der Waals surface area contributed by atoms with Gasteiger partial charge in [-0.3, -0.25) is 14.2 Å². The number of benzene rings is 2. The van der Waals surface area contributed by atoms with E-state index < -0.39 is 0 Å². The van der Waals surface area contributed by atoms with E-state index in [1.54, 1.807) is 12.1 Å². The molecule has 1 amide bonds. The second-order valence-electron chi connectivity index (χ2n) is 6.35. The predicted octanol–water partition coefficient (Wildman–Crippen LogP) is 2.17. The maximum Gasteiger partial charge on any atom is 0.261 e. The number of nitrogens with one attached hydrogen (secondary N) is 1. The fourth-order valence-electron chi connectivity index (χ4n) is 2.69. The number of aromatic nitrogens is 2. The molecule has 2 aromatic carbocycles. The standard InChI is InChI=1S/C20H22N4O2/c1-23(2)16-9-7-15(8-10-16)13-21-19(25)11-12-24-14-22-18-6-4-3-5-17(18)20(24)26/h3-10,14H,11-13H2,1-2H3,(H,21,25). The number of amides is 1. The van der Waals surface area contributed by atoms with Crippen LogP contribution in [0.25, 0.3) is 10.9 Å². The molecule has 0 aliphatic heterocycles. The first kappa shape index (κ1) is 17.7. The quantitative estimate of drug-likeness (QED) is 0.740.